The maximum atomic E-state index is 11.9. The minimum absolute atomic E-state index is 0.174. The molecule has 0 saturated carbocycles. The standard InChI is InChI=1S/C15H16N6O3S3/c22-9-16-14-20-18-12(26-14)3-6-25-7-4-13-19-21-15(27-13)17-11(23)8-10-2-1-5-24-10/h1-2,5,9H,3-4,6-8H2,(H,16,20,22)(H,17,21,23). The van der Waals surface area contributed by atoms with Crippen LogP contribution in [-0.4, -0.2) is 44.2 Å². The molecule has 0 saturated heterocycles. The Balaban J connectivity index is 1.33. The third-order valence-corrected chi connectivity index (χ3v) is 6.00. The Morgan fingerprint density at radius 1 is 1.11 bits per heavy atom. The number of hydrogen-bond donors (Lipinski definition) is 2. The van der Waals surface area contributed by atoms with E-state index in [-0.39, 0.29) is 12.3 Å². The van der Waals surface area contributed by atoms with E-state index in [0.29, 0.717) is 22.4 Å². The first-order valence-electron chi connectivity index (χ1n) is 7.98. The Morgan fingerprint density at radius 3 is 2.48 bits per heavy atom. The summed E-state index contributed by atoms with van der Waals surface area (Å²) >= 11 is 4.53. The summed E-state index contributed by atoms with van der Waals surface area (Å²) in [5.41, 5.74) is 0. The van der Waals surface area contributed by atoms with Crippen molar-refractivity contribution in [3.8, 4) is 0 Å². The first kappa shape index (κ1) is 19.5. The molecule has 2 amide bonds. The number of anilines is 2. The largest absolute Gasteiger partial charge is 0.469 e. The van der Waals surface area contributed by atoms with Gasteiger partial charge in [0, 0.05) is 12.8 Å². The summed E-state index contributed by atoms with van der Waals surface area (Å²) in [4.78, 5) is 22.2. The molecule has 0 spiro atoms. The van der Waals surface area contributed by atoms with Gasteiger partial charge in [0.1, 0.15) is 15.8 Å². The van der Waals surface area contributed by atoms with E-state index in [1.807, 2.05) is 0 Å². The molecule has 0 unspecified atom stereocenters. The summed E-state index contributed by atoms with van der Waals surface area (Å²) in [6.45, 7) is 0. The van der Waals surface area contributed by atoms with Crippen LogP contribution in [0.3, 0.4) is 0 Å². The average Bonchev–Trinajstić information content (AvgIpc) is 3.38. The van der Waals surface area contributed by atoms with Gasteiger partial charge in [0.15, 0.2) is 0 Å². The molecule has 0 aliphatic heterocycles. The second-order valence-electron chi connectivity index (χ2n) is 5.18. The van der Waals surface area contributed by atoms with Crippen molar-refractivity contribution in [3.05, 3.63) is 34.2 Å². The lowest BCUT2D eigenvalue weighted by Crippen LogP contribution is -2.13. The van der Waals surface area contributed by atoms with Crippen LogP contribution in [0.25, 0.3) is 0 Å². The first-order chi connectivity index (χ1) is 13.2. The molecule has 142 valence electrons. The molecule has 3 aromatic heterocycles. The number of furan rings is 1. The van der Waals surface area contributed by atoms with Gasteiger partial charge < -0.3 is 15.1 Å². The molecular weight excluding hydrogens is 408 g/mol. The molecule has 0 bridgehead atoms. The maximum absolute atomic E-state index is 11.9. The molecule has 3 heterocycles. The van der Waals surface area contributed by atoms with Gasteiger partial charge in [-0.25, -0.2) is 0 Å². The van der Waals surface area contributed by atoms with Crippen LogP contribution in [0.1, 0.15) is 15.8 Å². The first-order valence-corrected chi connectivity index (χ1v) is 10.8. The van der Waals surface area contributed by atoms with Crippen LogP contribution < -0.4 is 10.6 Å². The number of amides is 2. The van der Waals surface area contributed by atoms with E-state index in [0.717, 1.165) is 34.4 Å². The van der Waals surface area contributed by atoms with Crippen LogP contribution in [0, 0.1) is 0 Å². The number of rotatable bonds is 11. The van der Waals surface area contributed by atoms with Crippen LogP contribution in [0.15, 0.2) is 22.8 Å². The maximum Gasteiger partial charge on any atom is 0.233 e. The molecule has 9 nitrogen and oxygen atoms in total. The third-order valence-electron chi connectivity index (χ3n) is 3.20. The molecule has 0 aromatic carbocycles. The van der Waals surface area contributed by atoms with Crippen molar-refractivity contribution in [2.75, 3.05) is 22.1 Å². The molecule has 0 aliphatic rings. The summed E-state index contributed by atoms with van der Waals surface area (Å²) < 4.78 is 5.15. The Morgan fingerprint density at radius 2 is 1.81 bits per heavy atom. The zero-order valence-electron chi connectivity index (χ0n) is 14.1. The zero-order valence-corrected chi connectivity index (χ0v) is 16.5. The van der Waals surface area contributed by atoms with Gasteiger partial charge in [0.2, 0.25) is 22.6 Å². The monoisotopic (exact) mass is 424 g/mol. The Labute approximate surface area is 167 Å². The van der Waals surface area contributed by atoms with Crippen molar-refractivity contribution >= 4 is 57.0 Å². The summed E-state index contributed by atoms with van der Waals surface area (Å²) in [5.74, 6) is 2.23. The van der Waals surface area contributed by atoms with E-state index in [1.165, 1.54) is 28.9 Å². The molecule has 0 fully saturated rings. The number of nitrogens with one attached hydrogen (secondary N) is 2. The number of carbonyl (C=O) groups excluding carboxylic acids is 2. The second-order valence-corrected chi connectivity index (χ2v) is 8.53. The van der Waals surface area contributed by atoms with Gasteiger partial charge in [-0.3, -0.25) is 9.59 Å². The Bertz CT molecular complexity index is 864. The van der Waals surface area contributed by atoms with E-state index in [1.54, 1.807) is 23.9 Å². The smallest absolute Gasteiger partial charge is 0.233 e. The number of aromatic nitrogens is 4. The molecule has 0 aliphatic carbocycles. The normalized spacial score (nSPS) is 10.7. The van der Waals surface area contributed by atoms with Crippen LogP contribution >= 0.6 is 34.4 Å². The predicted octanol–water partition coefficient (Wildman–Crippen LogP) is 2.25. The SMILES string of the molecule is O=CNc1nnc(CCSCCc2nnc(NC(=O)Cc3ccco3)s2)s1. The summed E-state index contributed by atoms with van der Waals surface area (Å²) in [6, 6.07) is 3.50. The molecule has 2 N–H and O–H groups in total. The Hall–Kier alpha value is -2.31. The lowest BCUT2D eigenvalue weighted by molar-refractivity contribution is -0.115. The van der Waals surface area contributed by atoms with Gasteiger partial charge in [-0.1, -0.05) is 22.7 Å². The van der Waals surface area contributed by atoms with E-state index in [9.17, 15) is 9.59 Å². The third kappa shape index (κ3) is 6.41. The van der Waals surface area contributed by atoms with Crippen LogP contribution in [-0.2, 0) is 28.9 Å². The van der Waals surface area contributed by atoms with E-state index in [4.69, 9.17) is 4.42 Å². The quantitative estimate of drug-likeness (QED) is 0.355. The molecular formula is C15H16N6O3S3. The van der Waals surface area contributed by atoms with Crippen LogP contribution in [0.5, 0.6) is 0 Å². The van der Waals surface area contributed by atoms with Gasteiger partial charge in [-0.2, -0.15) is 11.8 Å². The molecule has 27 heavy (non-hydrogen) atoms. The van der Waals surface area contributed by atoms with Gasteiger partial charge in [0.25, 0.3) is 0 Å². The number of aryl methyl sites for hydroxylation is 2. The van der Waals surface area contributed by atoms with Crippen molar-refractivity contribution in [2.45, 2.75) is 19.3 Å². The summed E-state index contributed by atoms with van der Waals surface area (Å²) in [7, 11) is 0. The Kier molecular flexibility index (Phi) is 7.30. The summed E-state index contributed by atoms with van der Waals surface area (Å²) in [5, 5.41) is 24.0. The summed E-state index contributed by atoms with van der Waals surface area (Å²) in [6.07, 6.45) is 3.88. The van der Waals surface area contributed by atoms with Gasteiger partial charge in [-0.05, 0) is 23.6 Å². The van der Waals surface area contributed by atoms with Gasteiger partial charge in [0.05, 0.1) is 12.7 Å². The fourth-order valence-electron chi connectivity index (χ4n) is 2.02. The van der Waals surface area contributed by atoms with Crippen molar-refractivity contribution in [2.24, 2.45) is 0 Å². The lowest BCUT2D eigenvalue weighted by Gasteiger charge is -1.98. The molecule has 3 aromatic rings. The van der Waals surface area contributed by atoms with Crippen LogP contribution in [0.2, 0.25) is 0 Å². The highest BCUT2D eigenvalue weighted by atomic mass is 32.2. The van der Waals surface area contributed by atoms with E-state index >= 15 is 0 Å². The molecule has 3 rings (SSSR count). The van der Waals surface area contributed by atoms with Crippen molar-refractivity contribution < 1.29 is 14.0 Å². The van der Waals surface area contributed by atoms with Crippen molar-refractivity contribution in [1.29, 1.82) is 0 Å². The predicted molar refractivity (Wildman–Crippen MR) is 105 cm³/mol. The highest BCUT2D eigenvalue weighted by molar-refractivity contribution is 7.99. The average molecular weight is 425 g/mol. The van der Waals surface area contributed by atoms with E-state index in [2.05, 4.69) is 31.0 Å². The van der Waals surface area contributed by atoms with Crippen molar-refractivity contribution in [3.63, 3.8) is 0 Å². The zero-order chi connectivity index (χ0) is 18.9. The lowest BCUT2D eigenvalue weighted by atomic mass is 10.3. The van der Waals surface area contributed by atoms with E-state index < -0.39 is 0 Å². The number of hydrogen-bond acceptors (Lipinski definition) is 10. The number of thioether (sulfide) groups is 1. The number of carbonyl (C=O) groups is 2. The second kappa shape index (κ2) is 10.1. The fourth-order valence-corrected chi connectivity index (χ4v) is 4.62. The highest BCUT2D eigenvalue weighted by Gasteiger charge is 2.10. The molecule has 0 radical (unpaired) electrons. The topological polar surface area (TPSA) is 123 Å². The van der Waals surface area contributed by atoms with Gasteiger partial charge in [-0.15, -0.1) is 20.4 Å². The van der Waals surface area contributed by atoms with Gasteiger partial charge >= 0.3 is 0 Å². The minimum atomic E-state index is -0.178. The highest BCUT2D eigenvalue weighted by Crippen LogP contribution is 2.19. The molecule has 0 atom stereocenters. The fraction of sp³-hybridized carbons (Fsp3) is 0.333. The molecule has 12 heteroatoms. The van der Waals surface area contributed by atoms with Crippen molar-refractivity contribution in [1.82, 2.24) is 20.4 Å². The van der Waals surface area contributed by atoms with Crippen LogP contribution in [0.4, 0.5) is 10.3 Å². The number of nitrogens with zero attached hydrogens (tertiary/aromatic N) is 4. The minimum Gasteiger partial charge on any atom is -0.469 e.